The van der Waals surface area contributed by atoms with E-state index in [2.05, 4.69) is 4.90 Å². The smallest absolute Gasteiger partial charge is 0.214 e. The van der Waals surface area contributed by atoms with Crippen molar-refractivity contribution in [3.8, 4) is 0 Å². The number of hydrogen-bond donors (Lipinski definition) is 0. The second kappa shape index (κ2) is 5.27. The van der Waals surface area contributed by atoms with Gasteiger partial charge in [0.15, 0.2) is 0 Å². The highest BCUT2D eigenvalue weighted by Gasteiger charge is 2.37. The van der Waals surface area contributed by atoms with Gasteiger partial charge in [0.25, 0.3) is 0 Å². The van der Waals surface area contributed by atoms with Crippen LogP contribution in [0.5, 0.6) is 0 Å². The number of carbonyl (C=O) groups is 1. The highest BCUT2D eigenvalue weighted by molar-refractivity contribution is 7.89. The molecule has 2 atom stereocenters. The Morgan fingerprint density at radius 1 is 1.22 bits per heavy atom. The quantitative estimate of drug-likeness (QED) is 0.747. The van der Waals surface area contributed by atoms with E-state index in [1.54, 1.807) is 14.1 Å². The number of rotatable bonds is 4. The first-order valence-electron chi connectivity index (χ1n) is 6.58. The van der Waals surface area contributed by atoms with Crippen LogP contribution in [0, 0.1) is 0 Å². The molecule has 104 valence electrons. The summed E-state index contributed by atoms with van der Waals surface area (Å²) in [5.41, 5.74) is 0. The van der Waals surface area contributed by atoms with Crippen molar-refractivity contribution in [2.75, 3.05) is 26.4 Å². The van der Waals surface area contributed by atoms with Gasteiger partial charge in [-0.05, 0) is 12.8 Å². The van der Waals surface area contributed by atoms with E-state index in [0.717, 1.165) is 12.8 Å². The molecule has 2 heterocycles. The summed E-state index contributed by atoms with van der Waals surface area (Å²) < 4.78 is 24.9. The lowest BCUT2D eigenvalue weighted by Crippen LogP contribution is -2.53. The maximum atomic E-state index is 11.8. The van der Waals surface area contributed by atoms with Crippen molar-refractivity contribution in [1.29, 1.82) is 0 Å². The average Bonchev–Trinajstić information content (AvgIpc) is 2.25. The van der Waals surface area contributed by atoms with Crippen LogP contribution in [0.2, 0.25) is 0 Å². The van der Waals surface area contributed by atoms with Crippen molar-refractivity contribution in [1.82, 2.24) is 9.21 Å². The monoisotopic (exact) mass is 274 g/mol. The van der Waals surface area contributed by atoms with Crippen LogP contribution in [0.15, 0.2) is 0 Å². The SMILES string of the molecule is CN(C)S(=O)(=O)CCN1C2CCCC1CC(=O)C2. The number of hydrogen-bond acceptors (Lipinski definition) is 4. The minimum Gasteiger partial charge on any atom is -0.300 e. The standard InChI is InChI=1S/C12H22N2O3S/c1-13(2)18(16,17)7-6-14-10-4-3-5-11(14)9-12(15)8-10/h10-11H,3-9H2,1-2H3. The van der Waals surface area contributed by atoms with E-state index in [1.807, 2.05) is 0 Å². The fourth-order valence-electron chi connectivity index (χ4n) is 3.03. The Balaban J connectivity index is 1.99. The Morgan fingerprint density at radius 3 is 2.28 bits per heavy atom. The number of ketones is 1. The molecule has 0 radical (unpaired) electrons. The molecular formula is C12H22N2O3S. The van der Waals surface area contributed by atoms with E-state index < -0.39 is 10.0 Å². The lowest BCUT2D eigenvalue weighted by Gasteiger charge is -2.45. The van der Waals surface area contributed by atoms with Gasteiger partial charge in [0.1, 0.15) is 5.78 Å². The normalized spacial score (nSPS) is 29.8. The van der Waals surface area contributed by atoms with E-state index >= 15 is 0 Å². The zero-order chi connectivity index (χ0) is 13.3. The maximum Gasteiger partial charge on any atom is 0.214 e. The first kappa shape index (κ1) is 14.0. The molecule has 2 aliphatic heterocycles. The molecule has 0 amide bonds. The molecule has 2 aliphatic rings. The highest BCUT2D eigenvalue weighted by atomic mass is 32.2. The molecule has 2 bridgehead atoms. The predicted octanol–water partition coefficient (Wildman–Crippen LogP) is 0.464. The molecule has 0 aliphatic carbocycles. The number of fused-ring (bicyclic) bond motifs is 2. The largest absolute Gasteiger partial charge is 0.300 e. The highest BCUT2D eigenvalue weighted by Crippen LogP contribution is 2.31. The van der Waals surface area contributed by atoms with E-state index in [1.165, 1.54) is 10.7 Å². The van der Waals surface area contributed by atoms with Crippen LogP contribution in [0.4, 0.5) is 0 Å². The number of Topliss-reactive ketones (excluding diaryl/α,β-unsaturated/α-hetero) is 1. The number of nitrogens with zero attached hydrogens (tertiary/aromatic N) is 2. The third-order valence-electron chi connectivity index (χ3n) is 4.10. The number of piperidine rings is 2. The van der Waals surface area contributed by atoms with Gasteiger partial charge >= 0.3 is 0 Å². The summed E-state index contributed by atoms with van der Waals surface area (Å²) in [4.78, 5) is 13.8. The van der Waals surface area contributed by atoms with Crippen LogP contribution in [0.1, 0.15) is 32.1 Å². The summed E-state index contributed by atoms with van der Waals surface area (Å²) in [5, 5.41) is 0. The van der Waals surface area contributed by atoms with Crippen LogP contribution in [0.25, 0.3) is 0 Å². The molecule has 5 nitrogen and oxygen atoms in total. The zero-order valence-electron chi connectivity index (χ0n) is 11.1. The van der Waals surface area contributed by atoms with Crippen molar-refractivity contribution in [2.45, 2.75) is 44.2 Å². The van der Waals surface area contributed by atoms with Crippen molar-refractivity contribution < 1.29 is 13.2 Å². The second-order valence-corrected chi connectivity index (χ2v) is 7.82. The topological polar surface area (TPSA) is 57.7 Å². The third kappa shape index (κ3) is 2.92. The lowest BCUT2D eigenvalue weighted by molar-refractivity contribution is -0.126. The summed E-state index contributed by atoms with van der Waals surface area (Å²) in [6.07, 6.45) is 4.45. The molecule has 0 N–H and O–H groups in total. The van der Waals surface area contributed by atoms with E-state index in [-0.39, 0.29) is 17.8 Å². The first-order chi connectivity index (χ1) is 8.40. The van der Waals surface area contributed by atoms with E-state index in [4.69, 9.17) is 0 Å². The fraction of sp³-hybridized carbons (Fsp3) is 0.917. The summed E-state index contributed by atoms with van der Waals surface area (Å²) in [5.74, 6) is 0.498. The Kier molecular flexibility index (Phi) is 4.08. The van der Waals surface area contributed by atoms with Crippen LogP contribution in [-0.2, 0) is 14.8 Å². The fourth-order valence-corrected chi connectivity index (χ4v) is 3.84. The molecule has 0 aromatic carbocycles. The molecule has 6 heteroatoms. The molecule has 2 rings (SSSR count). The Bertz CT molecular complexity index is 403. The van der Waals surface area contributed by atoms with Gasteiger partial charge in [-0.3, -0.25) is 9.69 Å². The van der Waals surface area contributed by atoms with Crippen molar-refractivity contribution >= 4 is 15.8 Å². The van der Waals surface area contributed by atoms with Crippen LogP contribution in [-0.4, -0.2) is 61.9 Å². The Labute approximate surface area is 109 Å². The van der Waals surface area contributed by atoms with Gasteiger partial charge in [-0.1, -0.05) is 6.42 Å². The molecule has 0 aromatic heterocycles. The molecule has 0 saturated carbocycles. The summed E-state index contributed by atoms with van der Waals surface area (Å²) in [6.45, 7) is 0.559. The van der Waals surface area contributed by atoms with Crippen molar-refractivity contribution in [3.05, 3.63) is 0 Å². The van der Waals surface area contributed by atoms with Gasteiger partial charge < -0.3 is 0 Å². The number of sulfonamides is 1. The predicted molar refractivity (Wildman–Crippen MR) is 69.8 cm³/mol. The second-order valence-electron chi connectivity index (χ2n) is 5.52. The lowest BCUT2D eigenvalue weighted by atomic mass is 9.84. The molecule has 0 aromatic rings. The van der Waals surface area contributed by atoms with Crippen LogP contribution >= 0.6 is 0 Å². The summed E-state index contributed by atoms with van der Waals surface area (Å²) in [7, 11) is -0.00460. The maximum absolute atomic E-state index is 11.8. The molecule has 2 unspecified atom stereocenters. The summed E-state index contributed by atoms with van der Waals surface area (Å²) in [6, 6.07) is 0.560. The first-order valence-corrected chi connectivity index (χ1v) is 8.19. The summed E-state index contributed by atoms with van der Waals surface area (Å²) >= 11 is 0. The molecule has 18 heavy (non-hydrogen) atoms. The van der Waals surface area contributed by atoms with Gasteiger partial charge in [-0.15, -0.1) is 0 Å². The minimum atomic E-state index is -3.14. The molecular weight excluding hydrogens is 252 g/mol. The average molecular weight is 274 g/mol. The van der Waals surface area contributed by atoms with Crippen LogP contribution < -0.4 is 0 Å². The van der Waals surface area contributed by atoms with E-state index in [0.29, 0.717) is 25.2 Å². The molecule has 0 spiro atoms. The van der Waals surface area contributed by atoms with Gasteiger partial charge in [0.2, 0.25) is 10.0 Å². The zero-order valence-corrected chi connectivity index (χ0v) is 11.9. The molecule has 2 fully saturated rings. The van der Waals surface area contributed by atoms with Crippen molar-refractivity contribution in [2.24, 2.45) is 0 Å². The molecule has 2 saturated heterocycles. The minimum absolute atomic E-state index is 0.154. The third-order valence-corrected chi connectivity index (χ3v) is 5.91. The van der Waals surface area contributed by atoms with Crippen molar-refractivity contribution in [3.63, 3.8) is 0 Å². The Morgan fingerprint density at radius 2 is 1.78 bits per heavy atom. The Hall–Kier alpha value is -0.460. The van der Waals surface area contributed by atoms with Gasteiger partial charge in [0, 0.05) is 45.6 Å². The van der Waals surface area contributed by atoms with Gasteiger partial charge in [0.05, 0.1) is 5.75 Å². The van der Waals surface area contributed by atoms with E-state index in [9.17, 15) is 13.2 Å². The van der Waals surface area contributed by atoms with Gasteiger partial charge in [-0.25, -0.2) is 12.7 Å². The van der Waals surface area contributed by atoms with Crippen LogP contribution in [0.3, 0.4) is 0 Å². The number of carbonyl (C=O) groups excluding carboxylic acids is 1. The van der Waals surface area contributed by atoms with Gasteiger partial charge in [-0.2, -0.15) is 0 Å².